The van der Waals surface area contributed by atoms with Crippen molar-refractivity contribution in [3.05, 3.63) is 45.7 Å². The van der Waals surface area contributed by atoms with Crippen LogP contribution >= 0.6 is 0 Å². The third kappa shape index (κ3) is 3.03. The molecule has 1 saturated heterocycles. The highest BCUT2D eigenvalue weighted by atomic mass is 16.1. The second-order valence-electron chi connectivity index (χ2n) is 6.26. The fourth-order valence-corrected chi connectivity index (χ4v) is 3.48. The van der Waals surface area contributed by atoms with E-state index in [0.29, 0.717) is 6.04 Å². The molecule has 0 bridgehead atoms. The van der Waals surface area contributed by atoms with Crippen LogP contribution in [0.5, 0.6) is 0 Å². The lowest BCUT2D eigenvalue weighted by Gasteiger charge is -2.24. The predicted molar refractivity (Wildman–Crippen MR) is 87.6 cm³/mol. The van der Waals surface area contributed by atoms with E-state index in [4.69, 9.17) is 0 Å². The Morgan fingerprint density at radius 1 is 1.33 bits per heavy atom. The van der Waals surface area contributed by atoms with Gasteiger partial charge in [0.05, 0.1) is 0 Å². The molecule has 0 aliphatic carbocycles. The quantitative estimate of drug-likeness (QED) is 0.931. The third-order valence-corrected chi connectivity index (χ3v) is 4.54. The molecule has 1 aromatic heterocycles. The summed E-state index contributed by atoms with van der Waals surface area (Å²) in [4.78, 5) is 18.3. The van der Waals surface area contributed by atoms with E-state index in [1.165, 1.54) is 25.7 Å². The van der Waals surface area contributed by atoms with Crippen molar-refractivity contribution >= 4 is 10.9 Å². The van der Waals surface area contributed by atoms with Crippen LogP contribution in [0.15, 0.2) is 29.1 Å². The Bertz CT molecular complexity index is 689. The van der Waals surface area contributed by atoms with Gasteiger partial charge in [0.25, 0.3) is 0 Å². The summed E-state index contributed by atoms with van der Waals surface area (Å²) in [6, 6.07) is 8.50. The van der Waals surface area contributed by atoms with Crippen molar-refractivity contribution in [1.29, 1.82) is 0 Å². The molecule has 0 saturated carbocycles. The number of nitrogens with one attached hydrogen (secondary N) is 1. The van der Waals surface area contributed by atoms with E-state index in [9.17, 15) is 4.79 Å². The first-order valence-corrected chi connectivity index (χ1v) is 8.04. The summed E-state index contributed by atoms with van der Waals surface area (Å²) in [5.74, 6) is 0. The van der Waals surface area contributed by atoms with Gasteiger partial charge in [-0.15, -0.1) is 0 Å². The number of aromatic nitrogens is 1. The number of benzene rings is 1. The molecule has 2 aromatic rings. The van der Waals surface area contributed by atoms with Crippen LogP contribution in [0, 0.1) is 6.92 Å². The Balaban J connectivity index is 1.87. The van der Waals surface area contributed by atoms with E-state index in [0.717, 1.165) is 35.2 Å². The SMILES string of the molecule is CCC[C@@H]1CCCN1Cc1cc(=O)c2cc(C)ccc2[nH]1. The standard InChI is InChI=1S/C18H24N2O/c1-3-5-15-6-4-9-20(15)12-14-11-18(21)16-10-13(2)7-8-17(16)19-14/h7-8,10-11,15H,3-6,9,12H2,1-2H3,(H,19,21)/t15-/m1/s1. The summed E-state index contributed by atoms with van der Waals surface area (Å²) in [5.41, 5.74) is 3.26. The average molecular weight is 284 g/mol. The minimum Gasteiger partial charge on any atom is -0.357 e. The molecule has 0 spiro atoms. The Kier molecular flexibility index (Phi) is 4.11. The summed E-state index contributed by atoms with van der Waals surface area (Å²) in [5, 5.41) is 0.797. The van der Waals surface area contributed by atoms with Gasteiger partial charge in [-0.05, 0) is 44.9 Å². The number of aromatic amines is 1. The highest BCUT2D eigenvalue weighted by molar-refractivity contribution is 5.79. The van der Waals surface area contributed by atoms with E-state index < -0.39 is 0 Å². The zero-order valence-corrected chi connectivity index (χ0v) is 13.0. The van der Waals surface area contributed by atoms with Gasteiger partial charge in [-0.2, -0.15) is 0 Å². The van der Waals surface area contributed by atoms with Crippen molar-refractivity contribution in [2.75, 3.05) is 6.54 Å². The molecule has 3 heteroatoms. The smallest absolute Gasteiger partial charge is 0.189 e. The van der Waals surface area contributed by atoms with Crippen LogP contribution in [0.3, 0.4) is 0 Å². The van der Waals surface area contributed by atoms with Gasteiger partial charge in [0, 0.05) is 35.2 Å². The van der Waals surface area contributed by atoms with Crippen molar-refractivity contribution in [2.45, 2.75) is 52.1 Å². The number of H-pyrrole nitrogens is 1. The average Bonchev–Trinajstić information content (AvgIpc) is 2.88. The first-order chi connectivity index (χ1) is 10.2. The fourth-order valence-electron chi connectivity index (χ4n) is 3.48. The van der Waals surface area contributed by atoms with Crippen LogP contribution in [-0.2, 0) is 6.54 Å². The summed E-state index contributed by atoms with van der Waals surface area (Å²) >= 11 is 0. The number of likely N-dealkylation sites (tertiary alicyclic amines) is 1. The maximum absolute atomic E-state index is 12.3. The van der Waals surface area contributed by atoms with Crippen LogP contribution in [0.25, 0.3) is 10.9 Å². The monoisotopic (exact) mass is 284 g/mol. The molecule has 1 aromatic carbocycles. The number of aryl methyl sites for hydroxylation is 1. The summed E-state index contributed by atoms with van der Waals surface area (Å²) < 4.78 is 0. The second-order valence-corrected chi connectivity index (χ2v) is 6.26. The number of nitrogens with zero attached hydrogens (tertiary/aromatic N) is 1. The molecule has 0 radical (unpaired) electrons. The van der Waals surface area contributed by atoms with Crippen LogP contribution in [0.1, 0.15) is 43.9 Å². The Morgan fingerprint density at radius 3 is 3.00 bits per heavy atom. The number of rotatable bonds is 4. The van der Waals surface area contributed by atoms with Crippen molar-refractivity contribution in [2.24, 2.45) is 0 Å². The number of hydrogen-bond donors (Lipinski definition) is 1. The van der Waals surface area contributed by atoms with Gasteiger partial charge in [-0.25, -0.2) is 0 Å². The number of pyridine rings is 1. The molecule has 2 heterocycles. The molecule has 0 unspecified atom stereocenters. The Hall–Kier alpha value is -1.61. The molecule has 1 aliphatic heterocycles. The van der Waals surface area contributed by atoms with Gasteiger partial charge < -0.3 is 4.98 Å². The zero-order valence-electron chi connectivity index (χ0n) is 13.0. The minimum atomic E-state index is 0.133. The van der Waals surface area contributed by atoms with Crippen molar-refractivity contribution < 1.29 is 0 Å². The molecule has 1 aliphatic rings. The minimum absolute atomic E-state index is 0.133. The highest BCUT2D eigenvalue weighted by Gasteiger charge is 2.23. The van der Waals surface area contributed by atoms with Crippen LogP contribution < -0.4 is 5.43 Å². The lowest BCUT2D eigenvalue weighted by atomic mass is 10.1. The van der Waals surface area contributed by atoms with Gasteiger partial charge in [-0.1, -0.05) is 25.0 Å². The van der Waals surface area contributed by atoms with E-state index in [1.807, 2.05) is 19.1 Å². The fraction of sp³-hybridized carbons (Fsp3) is 0.500. The number of hydrogen-bond acceptors (Lipinski definition) is 2. The first-order valence-electron chi connectivity index (χ1n) is 8.04. The summed E-state index contributed by atoms with van der Waals surface area (Å²) in [7, 11) is 0. The molecule has 112 valence electrons. The van der Waals surface area contributed by atoms with Crippen LogP contribution in [-0.4, -0.2) is 22.5 Å². The predicted octanol–water partition coefficient (Wildman–Crippen LogP) is 3.60. The maximum atomic E-state index is 12.3. The van der Waals surface area contributed by atoms with Crippen molar-refractivity contribution in [3.8, 4) is 0 Å². The molecular weight excluding hydrogens is 260 g/mol. The Morgan fingerprint density at radius 2 is 2.19 bits per heavy atom. The van der Waals surface area contributed by atoms with E-state index in [-0.39, 0.29) is 5.43 Å². The molecule has 0 amide bonds. The molecular formula is C18H24N2O. The largest absolute Gasteiger partial charge is 0.357 e. The van der Waals surface area contributed by atoms with Gasteiger partial charge in [0.1, 0.15) is 0 Å². The van der Waals surface area contributed by atoms with Crippen LogP contribution in [0.2, 0.25) is 0 Å². The normalized spacial score (nSPS) is 19.4. The number of fused-ring (bicyclic) bond motifs is 1. The molecule has 21 heavy (non-hydrogen) atoms. The van der Waals surface area contributed by atoms with Crippen molar-refractivity contribution in [1.82, 2.24) is 9.88 Å². The Labute approximate surface area is 126 Å². The summed E-state index contributed by atoms with van der Waals surface area (Å²) in [6.45, 7) is 6.28. The molecule has 1 N–H and O–H groups in total. The summed E-state index contributed by atoms with van der Waals surface area (Å²) in [6.07, 6.45) is 5.07. The lowest BCUT2D eigenvalue weighted by Crippen LogP contribution is -2.29. The van der Waals surface area contributed by atoms with Gasteiger partial charge in [0.15, 0.2) is 5.43 Å². The van der Waals surface area contributed by atoms with Crippen LogP contribution in [0.4, 0.5) is 0 Å². The zero-order chi connectivity index (χ0) is 14.8. The third-order valence-electron chi connectivity index (χ3n) is 4.54. The van der Waals surface area contributed by atoms with Gasteiger partial charge in [0.2, 0.25) is 0 Å². The topological polar surface area (TPSA) is 36.1 Å². The second kappa shape index (κ2) is 6.02. The van der Waals surface area contributed by atoms with E-state index in [1.54, 1.807) is 6.07 Å². The molecule has 3 nitrogen and oxygen atoms in total. The van der Waals surface area contributed by atoms with Gasteiger partial charge >= 0.3 is 0 Å². The van der Waals surface area contributed by atoms with E-state index in [2.05, 4.69) is 22.9 Å². The maximum Gasteiger partial charge on any atom is 0.189 e. The molecule has 1 atom stereocenters. The van der Waals surface area contributed by atoms with Gasteiger partial charge in [-0.3, -0.25) is 9.69 Å². The molecule has 1 fully saturated rings. The van der Waals surface area contributed by atoms with Crippen molar-refractivity contribution in [3.63, 3.8) is 0 Å². The molecule has 3 rings (SSSR count). The van der Waals surface area contributed by atoms with E-state index >= 15 is 0 Å². The highest BCUT2D eigenvalue weighted by Crippen LogP contribution is 2.23. The lowest BCUT2D eigenvalue weighted by molar-refractivity contribution is 0.231. The first kappa shape index (κ1) is 14.3.